The van der Waals surface area contributed by atoms with Crippen molar-refractivity contribution in [3.63, 3.8) is 0 Å². The lowest BCUT2D eigenvalue weighted by molar-refractivity contribution is 0.0963. The number of carbonyl (C=O) groups is 6. The first-order valence-electron chi connectivity index (χ1n) is 11.0. The van der Waals surface area contributed by atoms with Gasteiger partial charge in [0.25, 0.3) is 0 Å². The zero-order valence-corrected chi connectivity index (χ0v) is 19.5. The number of rotatable bonds is 13. The number of amides is 6. The summed E-state index contributed by atoms with van der Waals surface area (Å²) in [4.78, 5) is 71.2. The zero-order valence-electron chi connectivity index (χ0n) is 19.5. The van der Waals surface area contributed by atoms with Crippen molar-refractivity contribution in [2.45, 2.75) is 38.5 Å². The van der Waals surface area contributed by atoms with Crippen LogP contribution in [0.25, 0.3) is 0 Å². The highest BCUT2D eigenvalue weighted by Crippen LogP contribution is 2.24. The third kappa shape index (κ3) is 6.03. The van der Waals surface area contributed by atoms with Crippen LogP contribution in [0.3, 0.4) is 0 Å². The van der Waals surface area contributed by atoms with Gasteiger partial charge in [-0.25, -0.2) is 0 Å². The van der Waals surface area contributed by atoms with Gasteiger partial charge in [-0.05, 0) is 61.1 Å². The molecule has 2 rings (SSSR count). The Morgan fingerprint density at radius 1 is 0.417 bits per heavy atom. The highest BCUT2D eigenvalue weighted by atomic mass is 16.2. The summed E-state index contributed by atoms with van der Waals surface area (Å²) in [6.45, 7) is 0. The van der Waals surface area contributed by atoms with E-state index in [0.717, 1.165) is 0 Å². The van der Waals surface area contributed by atoms with Crippen LogP contribution in [-0.4, -0.2) is 35.4 Å². The molecule has 190 valence electrons. The second-order valence-electron chi connectivity index (χ2n) is 8.13. The molecule has 0 saturated heterocycles. The molecular weight excluding hydrogens is 468 g/mol. The molecule has 0 atom stereocenters. The van der Waals surface area contributed by atoms with Crippen molar-refractivity contribution in [2.75, 3.05) is 0 Å². The van der Waals surface area contributed by atoms with Gasteiger partial charge in [0.15, 0.2) is 0 Å². The third-order valence-electron chi connectivity index (χ3n) is 5.78. The highest BCUT2D eigenvalue weighted by Gasteiger charge is 2.24. The minimum atomic E-state index is -0.908. The minimum absolute atomic E-state index is 0.0641. The van der Waals surface area contributed by atoms with Gasteiger partial charge in [0.2, 0.25) is 35.4 Å². The summed E-state index contributed by atoms with van der Waals surface area (Å²) in [5.74, 6) is -5.11. The van der Waals surface area contributed by atoms with Crippen LogP contribution >= 0.6 is 0 Å². The Morgan fingerprint density at radius 2 is 0.694 bits per heavy atom. The average Bonchev–Trinajstić information content (AvgIpc) is 2.79. The van der Waals surface area contributed by atoms with Gasteiger partial charge in [-0.2, -0.15) is 0 Å². The predicted molar refractivity (Wildman–Crippen MR) is 130 cm³/mol. The molecule has 0 unspecified atom stereocenters. The molecule has 0 bridgehead atoms. The molecule has 0 saturated carbocycles. The summed E-state index contributed by atoms with van der Waals surface area (Å²) in [6, 6.07) is 5.12. The molecule has 0 spiro atoms. The fourth-order valence-corrected chi connectivity index (χ4v) is 4.21. The number of nitrogens with two attached hydrogens (primary N) is 6. The van der Waals surface area contributed by atoms with Crippen LogP contribution in [0.1, 0.15) is 99.0 Å². The van der Waals surface area contributed by atoms with Crippen molar-refractivity contribution < 1.29 is 28.8 Å². The maximum Gasteiger partial charge on any atom is 0.249 e. The van der Waals surface area contributed by atoms with E-state index in [1.807, 2.05) is 0 Å². The monoisotopic (exact) mass is 496 g/mol. The Balaban J connectivity index is 2.19. The van der Waals surface area contributed by atoms with Crippen LogP contribution in [0.15, 0.2) is 24.3 Å². The van der Waals surface area contributed by atoms with E-state index in [2.05, 4.69) is 0 Å². The fraction of sp³-hybridized carbons (Fsp3) is 0.250. The van der Waals surface area contributed by atoms with Crippen molar-refractivity contribution in [3.05, 3.63) is 68.8 Å². The first-order valence-corrected chi connectivity index (χ1v) is 11.0. The number of hydrogen-bond donors (Lipinski definition) is 6. The molecule has 0 heterocycles. The van der Waals surface area contributed by atoms with E-state index >= 15 is 0 Å². The van der Waals surface area contributed by atoms with E-state index in [4.69, 9.17) is 34.4 Å². The Hall–Kier alpha value is -4.74. The van der Waals surface area contributed by atoms with Crippen LogP contribution in [0, 0.1) is 0 Å². The van der Waals surface area contributed by atoms with E-state index in [1.165, 1.54) is 24.3 Å². The molecule has 12 nitrogen and oxygen atoms in total. The molecule has 0 aliphatic rings. The molecule has 0 aliphatic heterocycles. The van der Waals surface area contributed by atoms with Crippen molar-refractivity contribution >= 4 is 35.4 Å². The van der Waals surface area contributed by atoms with Gasteiger partial charge in [0.1, 0.15) is 0 Å². The molecule has 2 aromatic carbocycles. The Labute approximate surface area is 206 Å². The van der Waals surface area contributed by atoms with Crippen LogP contribution < -0.4 is 34.4 Å². The summed E-state index contributed by atoms with van der Waals surface area (Å²) in [6.07, 6.45) is 2.57. The topological polar surface area (TPSA) is 259 Å². The number of primary amides is 6. The number of hydrogen-bond acceptors (Lipinski definition) is 6. The van der Waals surface area contributed by atoms with Gasteiger partial charge in [-0.15, -0.1) is 0 Å². The Bertz CT molecular complexity index is 1170. The maximum absolute atomic E-state index is 12.0. The van der Waals surface area contributed by atoms with Gasteiger partial charge in [-0.1, -0.05) is 12.8 Å². The lowest BCUT2D eigenvalue weighted by atomic mass is 9.89. The molecule has 36 heavy (non-hydrogen) atoms. The van der Waals surface area contributed by atoms with E-state index in [1.54, 1.807) is 0 Å². The smallest absolute Gasteiger partial charge is 0.249 e. The summed E-state index contributed by atoms with van der Waals surface area (Å²) >= 11 is 0. The van der Waals surface area contributed by atoms with E-state index in [9.17, 15) is 28.8 Å². The molecule has 0 aromatic heterocycles. The summed E-state index contributed by atoms with van der Waals surface area (Å²) in [5.41, 5.74) is 32.5. The van der Waals surface area contributed by atoms with E-state index in [-0.39, 0.29) is 57.3 Å². The molecule has 12 heteroatoms. The standard InChI is InChI=1S/C24H28N6O6/c25-19(31)13-7-9-15(21(27)33)17(23(29)35)11(13)5-3-1-2-4-6-12-14(20(26)32)8-10-16(22(28)34)18(12)24(30)36/h7-10H,1-6H2,(H2,25,31)(H2,26,32)(H2,27,33)(H2,28,34)(H2,29,35)(H2,30,36). The van der Waals surface area contributed by atoms with Crippen molar-refractivity contribution in [3.8, 4) is 0 Å². The van der Waals surface area contributed by atoms with Crippen LogP contribution in [0.2, 0.25) is 0 Å². The third-order valence-corrected chi connectivity index (χ3v) is 5.78. The quantitative estimate of drug-likeness (QED) is 0.201. The van der Waals surface area contributed by atoms with Crippen LogP contribution in [-0.2, 0) is 12.8 Å². The lowest BCUT2D eigenvalue weighted by Gasteiger charge is -2.15. The second kappa shape index (κ2) is 11.6. The SMILES string of the molecule is NC(=O)c1ccc(C(N)=O)c(C(N)=O)c1CCCCCCc1c(C(N)=O)ccc(C(N)=O)c1C(N)=O. The molecule has 0 fully saturated rings. The molecular formula is C24H28N6O6. The van der Waals surface area contributed by atoms with E-state index < -0.39 is 35.4 Å². The maximum atomic E-state index is 12.0. The lowest BCUT2D eigenvalue weighted by Crippen LogP contribution is -2.25. The predicted octanol–water partition coefficient (Wildman–Crippen LogP) is -0.374. The molecule has 12 N–H and O–H groups in total. The highest BCUT2D eigenvalue weighted by molar-refractivity contribution is 6.10. The molecule has 0 radical (unpaired) electrons. The normalized spacial score (nSPS) is 10.6. The molecule has 6 amide bonds. The van der Waals surface area contributed by atoms with Gasteiger partial charge < -0.3 is 34.4 Å². The Morgan fingerprint density at radius 3 is 0.944 bits per heavy atom. The van der Waals surface area contributed by atoms with E-state index in [0.29, 0.717) is 25.7 Å². The molecule has 2 aromatic rings. The van der Waals surface area contributed by atoms with Crippen LogP contribution in [0.4, 0.5) is 0 Å². The first-order chi connectivity index (χ1) is 16.9. The van der Waals surface area contributed by atoms with Gasteiger partial charge >= 0.3 is 0 Å². The van der Waals surface area contributed by atoms with Gasteiger partial charge in [-0.3, -0.25) is 28.8 Å². The minimum Gasteiger partial charge on any atom is -0.366 e. The number of benzene rings is 2. The zero-order chi connectivity index (χ0) is 27.2. The summed E-state index contributed by atoms with van der Waals surface area (Å²) < 4.78 is 0. The molecule has 0 aliphatic carbocycles. The first kappa shape index (κ1) is 27.5. The van der Waals surface area contributed by atoms with Gasteiger partial charge in [0, 0.05) is 11.1 Å². The summed E-state index contributed by atoms with van der Waals surface area (Å²) in [7, 11) is 0. The van der Waals surface area contributed by atoms with Crippen molar-refractivity contribution in [2.24, 2.45) is 34.4 Å². The average molecular weight is 497 g/mol. The fourth-order valence-electron chi connectivity index (χ4n) is 4.21. The second-order valence-corrected chi connectivity index (χ2v) is 8.13. The largest absolute Gasteiger partial charge is 0.366 e. The van der Waals surface area contributed by atoms with Gasteiger partial charge in [0.05, 0.1) is 22.3 Å². The Kier molecular flexibility index (Phi) is 8.86. The number of unbranched alkanes of at least 4 members (excludes halogenated alkanes) is 3. The van der Waals surface area contributed by atoms with Crippen LogP contribution in [0.5, 0.6) is 0 Å². The van der Waals surface area contributed by atoms with Crippen molar-refractivity contribution in [1.29, 1.82) is 0 Å². The number of carbonyl (C=O) groups excluding carboxylic acids is 6. The summed E-state index contributed by atoms with van der Waals surface area (Å²) in [5, 5.41) is 0. The van der Waals surface area contributed by atoms with Crippen molar-refractivity contribution in [1.82, 2.24) is 0 Å².